The molecular formula is C25H22F3N5O4. The molecular weight excluding hydrogens is 491 g/mol. The number of anilines is 1. The number of aromatic nitrogens is 1. The number of halogens is 3. The third-order valence-corrected chi connectivity index (χ3v) is 7.35. The molecule has 12 heteroatoms. The van der Waals surface area contributed by atoms with Crippen LogP contribution in [0.2, 0.25) is 0 Å². The van der Waals surface area contributed by atoms with E-state index in [1.54, 1.807) is 10.6 Å². The van der Waals surface area contributed by atoms with Crippen LogP contribution in [0.5, 0.6) is 0 Å². The lowest BCUT2D eigenvalue weighted by molar-refractivity contribution is -0.164. The van der Waals surface area contributed by atoms with Gasteiger partial charge in [0.2, 0.25) is 5.91 Å². The summed E-state index contributed by atoms with van der Waals surface area (Å²) < 4.78 is 42.7. The van der Waals surface area contributed by atoms with Gasteiger partial charge in [-0.15, -0.1) is 0 Å². The monoisotopic (exact) mass is 513 g/mol. The van der Waals surface area contributed by atoms with Crippen LogP contribution in [0.3, 0.4) is 0 Å². The second kappa shape index (κ2) is 8.19. The molecule has 0 bridgehead atoms. The molecule has 3 aliphatic rings. The topological polar surface area (TPSA) is 133 Å². The summed E-state index contributed by atoms with van der Waals surface area (Å²) in [6, 6.07) is 5.20. The number of nitrogens with one attached hydrogen (secondary N) is 3. The van der Waals surface area contributed by atoms with Crippen molar-refractivity contribution in [1.29, 1.82) is 5.26 Å². The van der Waals surface area contributed by atoms with E-state index in [2.05, 4.69) is 16.0 Å². The number of amides is 3. The van der Waals surface area contributed by atoms with E-state index < -0.39 is 53.6 Å². The van der Waals surface area contributed by atoms with Crippen molar-refractivity contribution in [3.05, 3.63) is 52.1 Å². The van der Waals surface area contributed by atoms with Crippen LogP contribution in [0.4, 0.5) is 18.9 Å². The van der Waals surface area contributed by atoms with Crippen molar-refractivity contribution < 1.29 is 32.3 Å². The summed E-state index contributed by atoms with van der Waals surface area (Å²) in [5.74, 6) is -7.34. The molecule has 1 aromatic carbocycles. The quantitative estimate of drug-likeness (QED) is 0.403. The Hall–Kier alpha value is -4.14. The van der Waals surface area contributed by atoms with Gasteiger partial charge in [-0.05, 0) is 49.4 Å². The van der Waals surface area contributed by atoms with Crippen LogP contribution >= 0.6 is 0 Å². The number of fused-ring (bicyclic) bond motifs is 3. The fraction of sp³-hybridized carbons (Fsp3) is 0.400. The average Bonchev–Trinajstić information content (AvgIpc) is 3.41. The Morgan fingerprint density at radius 1 is 1.19 bits per heavy atom. The van der Waals surface area contributed by atoms with Gasteiger partial charge in [0, 0.05) is 37.3 Å². The van der Waals surface area contributed by atoms with Crippen molar-refractivity contribution in [1.82, 2.24) is 15.2 Å². The number of ketones is 1. The number of hydrogen-bond donors (Lipinski definition) is 3. The van der Waals surface area contributed by atoms with Crippen LogP contribution in [0, 0.1) is 30.0 Å². The highest BCUT2D eigenvalue weighted by Crippen LogP contribution is 2.54. The predicted octanol–water partition coefficient (Wildman–Crippen LogP) is 2.39. The highest BCUT2D eigenvalue weighted by Gasteiger charge is 2.62. The SMILES string of the molecule is CNC(=O)C1(NC(=O)C(=O)c2c(C)c(C(=O)Nc3ccc(F)c(C#N)c3)n3c2C[C@H]2C[C@H]23)CC(F)(F)C1. The van der Waals surface area contributed by atoms with E-state index in [9.17, 15) is 32.3 Å². The molecule has 1 aliphatic heterocycles. The molecule has 3 N–H and O–H groups in total. The summed E-state index contributed by atoms with van der Waals surface area (Å²) in [6.45, 7) is 1.51. The first-order chi connectivity index (χ1) is 17.4. The summed E-state index contributed by atoms with van der Waals surface area (Å²) in [5.41, 5.74) is -1.10. The molecule has 2 aliphatic carbocycles. The Bertz CT molecular complexity index is 1430. The fourth-order valence-electron chi connectivity index (χ4n) is 5.58. The zero-order valence-electron chi connectivity index (χ0n) is 19.9. The minimum Gasteiger partial charge on any atom is -0.357 e. The van der Waals surface area contributed by atoms with Gasteiger partial charge in [0.1, 0.15) is 23.1 Å². The molecule has 37 heavy (non-hydrogen) atoms. The fourth-order valence-corrected chi connectivity index (χ4v) is 5.58. The van der Waals surface area contributed by atoms with Crippen LogP contribution in [-0.4, -0.2) is 46.6 Å². The van der Waals surface area contributed by atoms with E-state index in [4.69, 9.17) is 5.26 Å². The molecule has 9 nitrogen and oxygen atoms in total. The second-order valence-corrected chi connectivity index (χ2v) is 9.85. The minimum atomic E-state index is -3.14. The average molecular weight is 513 g/mol. The standard InChI is InChI=1S/C25H22F3N5O4/c1-11-18(20(34)22(36)32-24(23(37)30-2)9-25(27,28)10-24)17-7-12-6-16(12)33(17)19(11)21(35)31-14-3-4-15(26)13(5-14)8-29/h3-5,12,16H,6-7,9-10H2,1-2H3,(H,30,37)(H,31,35)(H,32,36)/t12-,16-/m1/s1. The number of hydrogen-bond acceptors (Lipinski definition) is 5. The van der Waals surface area contributed by atoms with E-state index in [-0.39, 0.29) is 40.0 Å². The highest BCUT2D eigenvalue weighted by atomic mass is 19.3. The Balaban J connectivity index is 1.45. The molecule has 0 spiro atoms. The summed E-state index contributed by atoms with van der Waals surface area (Å²) in [6.07, 6.45) is -0.594. The third kappa shape index (κ3) is 3.85. The largest absolute Gasteiger partial charge is 0.357 e. The summed E-state index contributed by atoms with van der Waals surface area (Å²) in [4.78, 5) is 51.8. The van der Waals surface area contributed by atoms with E-state index in [1.807, 2.05) is 0 Å². The number of carbonyl (C=O) groups excluding carboxylic acids is 4. The first-order valence-electron chi connectivity index (χ1n) is 11.6. The first kappa shape index (κ1) is 24.5. The zero-order valence-corrected chi connectivity index (χ0v) is 19.9. The summed E-state index contributed by atoms with van der Waals surface area (Å²) >= 11 is 0. The normalized spacial score (nSPS) is 21.5. The molecule has 2 heterocycles. The number of nitriles is 1. The van der Waals surface area contributed by atoms with Crippen molar-refractivity contribution in [2.24, 2.45) is 5.92 Å². The van der Waals surface area contributed by atoms with Crippen molar-refractivity contribution in [2.45, 2.75) is 50.1 Å². The van der Waals surface area contributed by atoms with E-state index in [0.29, 0.717) is 12.1 Å². The van der Waals surface area contributed by atoms with Gasteiger partial charge < -0.3 is 20.5 Å². The summed E-state index contributed by atoms with van der Waals surface area (Å²) in [7, 11) is 1.25. The maximum Gasteiger partial charge on any atom is 0.293 e. The molecule has 5 rings (SSSR count). The molecule has 1 aromatic heterocycles. The second-order valence-electron chi connectivity index (χ2n) is 9.85. The minimum absolute atomic E-state index is 0.00445. The lowest BCUT2D eigenvalue weighted by Gasteiger charge is -2.45. The molecule has 0 radical (unpaired) electrons. The van der Waals surface area contributed by atoms with Crippen molar-refractivity contribution in [2.75, 3.05) is 12.4 Å². The van der Waals surface area contributed by atoms with Crippen molar-refractivity contribution in [3.8, 4) is 6.07 Å². The van der Waals surface area contributed by atoms with E-state index >= 15 is 0 Å². The summed E-state index contributed by atoms with van der Waals surface area (Å²) in [5, 5.41) is 16.1. The van der Waals surface area contributed by atoms with Crippen LogP contribution < -0.4 is 16.0 Å². The molecule has 2 fully saturated rings. The number of carbonyl (C=O) groups is 4. The van der Waals surface area contributed by atoms with Gasteiger partial charge in [0.05, 0.1) is 11.1 Å². The van der Waals surface area contributed by atoms with Crippen molar-refractivity contribution in [3.63, 3.8) is 0 Å². The third-order valence-electron chi connectivity index (χ3n) is 7.35. The van der Waals surface area contributed by atoms with Crippen molar-refractivity contribution >= 4 is 29.2 Å². The molecule has 192 valence electrons. The first-order valence-corrected chi connectivity index (χ1v) is 11.6. The van der Waals surface area contributed by atoms with Crippen LogP contribution in [-0.2, 0) is 16.0 Å². The van der Waals surface area contributed by atoms with Gasteiger partial charge in [-0.2, -0.15) is 5.26 Å². The van der Waals surface area contributed by atoms with Gasteiger partial charge in [-0.3, -0.25) is 19.2 Å². The van der Waals surface area contributed by atoms with E-state index in [0.717, 1.165) is 12.5 Å². The lowest BCUT2D eigenvalue weighted by Crippen LogP contribution is -2.69. The molecule has 0 saturated heterocycles. The Labute approximate surface area is 209 Å². The molecule has 2 atom stereocenters. The van der Waals surface area contributed by atoms with Crippen LogP contribution in [0.25, 0.3) is 0 Å². The van der Waals surface area contributed by atoms with Gasteiger partial charge >= 0.3 is 0 Å². The van der Waals surface area contributed by atoms with E-state index in [1.165, 1.54) is 26.1 Å². The smallest absolute Gasteiger partial charge is 0.293 e. The maximum atomic E-state index is 13.7. The molecule has 2 saturated carbocycles. The van der Waals surface area contributed by atoms with Gasteiger partial charge in [-0.1, -0.05) is 0 Å². The Morgan fingerprint density at radius 2 is 1.89 bits per heavy atom. The number of Topliss-reactive ketones (excluding diaryl/α,β-unsaturated/α-hetero) is 1. The number of rotatable bonds is 6. The number of benzene rings is 1. The number of nitrogens with zero attached hydrogens (tertiary/aromatic N) is 2. The number of likely N-dealkylation sites (N-methyl/N-ethyl adjacent to an activating group) is 1. The molecule has 3 amide bonds. The lowest BCUT2D eigenvalue weighted by atomic mass is 9.72. The Morgan fingerprint density at radius 3 is 2.51 bits per heavy atom. The van der Waals surface area contributed by atoms with Gasteiger partial charge in [0.15, 0.2) is 0 Å². The highest BCUT2D eigenvalue weighted by molar-refractivity contribution is 6.44. The van der Waals surface area contributed by atoms with Gasteiger partial charge in [0.25, 0.3) is 23.5 Å². The maximum absolute atomic E-state index is 13.7. The number of alkyl halides is 2. The Kier molecular flexibility index (Phi) is 5.44. The van der Waals surface area contributed by atoms with Gasteiger partial charge in [-0.25, -0.2) is 13.2 Å². The zero-order chi connectivity index (χ0) is 26.9. The molecule has 2 aromatic rings. The van der Waals surface area contributed by atoms with Crippen LogP contribution in [0.15, 0.2) is 18.2 Å². The van der Waals surface area contributed by atoms with Crippen LogP contribution in [0.1, 0.15) is 63.0 Å². The predicted molar refractivity (Wildman–Crippen MR) is 123 cm³/mol. The molecule has 0 unspecified atom stereocenters.